The van der Waals surface area contributed by atoms with Gasteiger partial charge in [-0.15, -0.1) is 0 Å². The number of para-hydroxylation sites is 2. The minimum absolute atomic E-state index is 0.202. The molecular weight excluding hydrogens is 415 g/mol. The number of hydrogen-bond acceptors (Lipinski definition) is 3. The van der Waals surface area contributed by atoms with Crippen LogP contribution in [-0.2, 0) is 16.2 Å². The lowest BCUT2D eigenvalue weighted by atomic mass is 10.2. The molecule has 4 rings (SSSR count). The molecule has 5 nitrogen and oxygen atoms in total. The van der Waals surface area contributed by atoms with Crippen LogP contribution in [0, 0.1) is 0 Å². The van der Waals surface area contributed by atoms with E-state index in [0.29, 0.717) is 30.2 Å². The van der Waals surface area contributed by atoms with Crippen LogP contribution in [0.3, 0.4) is 0 Å². The van der Waals surface area contributed by atoms with Crippen molar-refractivity contribution in [2.75, 3.05) is 6.54 Å². The van der Waals surface area contributed by atoms with Gasteiger partial charge in [0.2, 0.25) is 10.0 Å². The number of aromatic nitrogens is 2. The van der Waals surface area contributed by atoms with Gasteiger partial charge in [-0.05, 0) is 43.2 Å². The Labute approximate surface area is 164 Å². The molecule has 0 radical (unpaired) electrons. The highest BCUT2D eigenvalue weighted by atomic mass is 35.5. The minimum atomic E-state index is -4.74. The number of hydrogen-bond donors (Lipinski definition) is 1. The molecule has 3 aromatic rings. The van der Waals surface area contributed by atoms with Crippen molar-refractivity contribution >= 4 is 32.7 Å². The lowest BCUT2D eigenvalue weighted by Crippen LogP contribution is -2.31. The molecule has 2 aromatic carbocycles. The van der Waals surface area contributed by atoms with Crippen molar-refractivity contribution in [2.24, 2.45) is 0 Å². The maximum absolute atomic E-state index is 13.1. The summed E-state index contributed by atoms with van der Waals surface area (Å²) in [7, 11) is -4.16. The van der Waals surface area contributed by atoms with Gasteiger partial charge in [0.15, 0.2) is 0 Å². The van der Waals surface area contributed by atoms with E-state index in [9.17, 15) is 21.6 Å². The third-order valence-electron chi connectivity index (χ3n) is 4.78. The minimum Gasteiger partial charge on any atom is -0.341 e. The van der Waals surface area contributed by atoms with E-state index in [1.165, 1.54) is 4.31 Å². The predicted octanol–water partition coefficient (Wildman–Crippen LogP) is 4.76. The molecule has 1 saturated heterocycles. The molecule has 0 amide bonds. The number of alkyl halides is 3. The van der Waals surface area contributed by atoms with E-state index >= 15 is 0 Å². The van der Waals surface area contributed by atoms with Gasteiger partial charge in [-0.3, -0.25) is 0 Å². The number of imidazole rings is 1. The molecular formula is C18H15ClF3N3O2S. The fraction of sp³-hybridized carbons (Fsp3) is 0.278. The maximum Gasteiger partial charge on any atom is 0.417 e. The summed E-state index contributed by atoms with van der Waals surface area (Å²) in [6, 6.07) is 9.37. The average molecular weight is 430 g/mol. The molecule has 1 aliphatic rings. The first kappa shape index (κ1) is 19.2. The number of nitrogens with zero attached hydrogens (tertiary/aromatic N) is 2. The van der Waals surface area contributed by atoms with Crippen LogP contribution in [0.25, 0.3) is 11.0 Å². The first-order valence-corrected chi connectivity index (χ1v) is 10.3. The molecule has 0 spiro atoms. The monoisotopic (exact) mass is 429 g/mol. The summed E-state index contributed by atoms with van der Waals surface area (Å²) in [6.07, 6.45) is -3.63. The molecule has 2 heterocycles. The first-order chi connectivity index (χ1) is 13.2. The number of rotatable bonds is 3. The number of fused-ring (bicyclic) bond motifs is 1. The lowest BCUT2D eigenvalue weighted by Gasteiger charge is -2.23. The molecule has 1 N–H and O–H groups in total. The highest BCUT2D eigenvalue weighted by Crippen LogP contribution is 2.39. The van der Waals surface area contributed by atoms with Gasteiger partial charge in [-0.25, -0.2) is 13.4 Å². The van der Waals surface area contributed by atoms with Gasteiger partial charge in [0, 0.05) is 6.54 Å². The summed E-state index contributed by atoms with van der Waals surface area (Å²) >= 11 is 5.62. The highest BCUT2D eigenvalue weighted by molar-refractivity contribution is 7.89. The van der Waals surface area contributed by atoms with Gasteiger partial charge < -0.3 is 4.98 Å². The second-order valence-electron chi connectivity index (χ2n) is 6.55. The van der Waals surface area contributed by atoms with E-state index in [2.05, 4.69) is 9.97 Å². The standard InChI is InChI=1S/C18H15ClF3N3O2S/c19-13-8-7-11(10-12(13)18(20,21)22)28(26,27)25-9-3-6-16(25)17-23-14-4-1-2-5-15(14)24-17/h1-2,4-5,7-8,10,16H,3,6,9H2,(H,23,24)/t16-/m0/s1. The van der Waals surface area contributed by atoms with E-state index in [4.69, 9.17) is 11.6 Å². The Bertz CT molecular complexity index is 1110. The Morgan fingerprint density at radius 1 is 1.18 bits per heavy atom. The summed E-state index contributed by atoms with van der Waals surface area (Å²) < 4.78 is 66.8. The van der Waals surface area contributed by atoms with Gasteiger partial charge in [0.05, 0.1) is 32.6 Å². The number of aromatic amines is 1. The van der Waals surface area contributed by atoms with Crippen molar-refractivity contribution in [3.63, 3.8) is 0 Å². The normalized spacial score (nSPS) is 18.8. The second kappa shape index (κ2) is 6.75. The molecule has 1 aliphatic heterocycles. The van der Waals surface area contributed by atoms with Crippen molar-refractivity contribution in [1.82, 2.24) is 14.3 Å². The summed E-state index contributed by atoms with van der Waals surface area (Å²) in [5.41, 5.74) is 0.301. The van der Waals surface area contributed by atoms with E-state index in [1.807, 2.05) is 18.2 Å². The van der Waals surface area contributed by atoms with Crippen LogP contribution in [0.1, 0.15) is 30.3 Å². The zero-order valence-corrected chi connectivity index (χ0v) is 15.9. The Morgan fingerprint density at radius 2 is 1.93 bits per heavy atom. The van der Waals surface area contributed by atoms with E-state index in [0.717, 1.165) is 17.6 Å². The average Bonchev–Trinajstić information content (AvgIpc) is 3.27. The Hall–Kier alpha value is -2.10. The van der Waals surface area contributed by atoms with E-state index in [-0.39, 0.29) is 6.54 Å². The topological polar surface area (TPSA) is 66.1 Å². The fourth-order valence-electron chi connectivity index (χ4n) is 3.45. The van der Waals surface area contributed by atoms with Gasteiger partial charge in [-0.1, -0.05) is 23.7 Å². The molecule has 148 valence electrons. The predicted molar refractivity (Wildman–Crippen MR) is 98.4 cm³/mol. The molecule has 0 aliphatic carbocycles. The second-order valence-corrected chi connectivity index (χ2v) is 8.85. The van der Waals surface area contributed by atoms with Gasteiger partial charge in [-0.2, -0.15) is 17.5 Å². The first-order valence-electron chi connectivity index (χ1n) is 8.51. The van der Waals surface area contributed by atoms with Crippen molar-refractivity contribution in [2.45, 2.75) is 30.0 Å². The zero-order valence-electron chi connectivity index (χ0n) is 14.4. The quantitative estimate of drug-likeness (QED) is 0.652. The zero-order chi connectivity index (χ0) is 20.1. The van der Waals surface area contributed by atoms with Gasteiger partial charge in [0.25, 0.3) is 0 Å². The Kier molecular flexibility index (Phi) is 4.64. The van der Waals surface area contributed by atoms with Crippen molar-refractivity contribution in [1.29, 1.82) is 0 Å². The summed E-state index contributed by atoms with van der Waals surface area (Å²) in [5.74, 6) is 0.479. The van der Waals surface area contributed by atoms with Crippen LogP contribution in [-0.4, -0.2) is 29.2 Å². The van der Waals surface area contributed by atoms with Crippen LogP contribution in [0.4, 0.5) is 13.2 Å². The maximum atomic E-state index is 13.1. The van der Waals surface area contributed by atoms with Gasteiger partial charge in [0.1, 0.15) is 5.82 Å². The number of halogens is 4. The SMILES string of the molecule is O=S(=O)(c1ccc(Cl)c(C(F)(F)F)c1)N1CCC[C@H]1c1nc2ccccc2[nH]1. The third-order valence-corrected chi connectivity index (χ3v) is 7.01. The summed E-state index contributed by atoms with van der Waals surface area (Å²) in [4.78, 5) is 7.14. The smallest absolute Gasteiger partial charge is 0.341 e. The molecule has 28 heavy (non-hydrogen) atoms. The number of nitrogens with one attached hydrogen (secondary N) is 1. The fourth-order valence-corrected chi connectivity index (χ4v) is 5.36. The van der Waals surface area contributed by atoms with Crippen molar-refractivity contribution < 1.29 is 21.6 Å². The summed E-state index contributed by atoms with van der Waals surface area (Å²) in [5, 5.41) is -0.540. The highest BCUT2D eigenvalue weighted by Gasteiger charge is 2.40. The molecule has 0 unspecified atom stereocenters. The Morgan fingerprint density at radius 3 is 2.64 bits per heavy atom. The molecule has 10 heteroatoms. The molecule has 0 bridgehead atoms. The van der Waals surface area contributed by atoms with Crippen LogP contribution in [0.2, 0.25) is 5.02 Å². The van der Waals surface area contributed by atoms with E-state index in [1.54, 1.807) is 6.07 Å². The molecule has 0 saturated carbocycles. The van der Waals surface area contributed by atoms with Crippen LogP contribution >= 0.6 is 11.6 Å². The van der Waals surface area contributed by atoms with E-state index < -0.39 is 37.7 Å². The Balaban J connectivity index is 1.74. The molecule has 1 aromatic heterocycles. The third kappa shape index (κ3) is 3.27. The largest absolute Gasteiger partial charge is 0.417 e. The molecule has 1 atom stereocenters. The summed E-state index contributed by atoms with van der Waals surface area (Å²) in [6.45, 7) is 0.202. The molecule has 1 fully saturated rings. The van der Waals surface area contributed by atoms with Crippen LogP contribution in [0.5, 0.6) is 0 Å². The number of sulfonamides is 1. The van der Waals surface area contributed by atoms with Crippen LogP contribution in [0.15, 0.2) is 47.4 Å². The van der Waals surface area contributed by atoms with Gasteiger partial charge >= 0.3 is 6.18 Å². The number of H-pyrrole nitrogens is 1. The van der Waals surface area contributed by atoms with Crippen LogP contribution < -0.4 is 0 Å². The lowest BCUT2D eigenvalue weighted by molar-refractivity contribution is -0.137. The van der Waals surface area contributed by atoms with Crippen molar-refractivity contribution in [3.05, 3.63) is 58.9 Å². The van der Waals surface area contributed by atoms with Crippen molar-refractivity contribution in [3.8, 4) is 0 Å². The number of benzene rings is 2.